The van der Waals surface area contributed by atoms with Crippen LogP contribution in [0.3, 0.4) is 0 Å². The molecule has 0 unspecified atom stereocenters. The molecule has 0 aromatic carbocycles. The fourth-order valence-electron chi connectivity index (χ4n) is 2.71. The lowest BCUT2D eigenvalue weighted by Gasteiger charge is -2.09. The molecule has 0 atom stereocenters. The van der Waals surface area contributed by atoms with Crippen molar-refractivity contribution in [3.8, 4) is 17.1 Å². The predicted octanol–water partition coefficient (Wildman–Crippen LogP) is 2.33. The zero-order valence-electron chi connectivity index (χ0n) is 12.8. The third-order valence-corrected chi connectivity index (χ3v) is 3.93. The van der Waals surface area contributed by atoms with Gasteiger partial charge in [-0.3, -0.25) is 9.97 Å². The number of fused-ring (bicyclic) bond motifs is 1. The topological polar surface area (TPSA) is 100 Å². The summed E-state index contributed by atoms with van der Waals surface area (Å²) in [5.41, 5.74) is 9.29. The second-order valence-electron chi connectivity index (χ2n) is 5.13. The van der Waals surface area contributed by atoms with Crippen LogP contribution in [0.1, 0.15) is 6.92 Å². The number of rotatable bonds is 3. The summed E-state index contributed by atoms with van der Waals surface area (Å²) in [5.74, 6) is 0.866. The minimum Gasteiger partial charge on any atom is -0.368 e. The van der Waals surface area contributed by atoms with Gasteiger partial charge in [-0.15, -0.1) is 0 Å². The number of imidazole rings is 1. The minimum absolute atomic E-state index is 0.277. The Bertz CT molecular complexity index is 1040. The lowest BCUT2D eigenvalue weighted by Crippen LogP contribution is -2.10. The summed E-state index contributed by atoms with van der Waals surface area (Å²) in [6, 6.07) is 1.85. The van der Waals surface area contributed by atoms with Crippen molar-refractivity contribution >= 4 is 28.6 Å². The molecule has 8 nitrogen and oxygen atoms in total. The number of nitrogens with two attached hydrogens (primary N) is 1. The lowest BCUT2D eigenvalue weighted by atomic mass is 10.1. The molecule has 4 heterocycles. The van der Waals surface area contributed by atoms with Crippen molar-refractivity contribution < 1.29 is 0 Å². The SMILES string of the molecule is CCn1c(-n2ncnc2N)nc2cncc(-c3cncc(Cl)c3)c21. The Morgan fingerprint density at radius 3 is 2.71 bits per heavy atom. The summed E-state index contributed by atoms with van der Waals surface area (Å²) in [5, 5.41) is 4.71. The first-order chi connectivity index (χ1) is 11.7. The first kappa shape index (κ1) is 14.6. The first-order valence-corrected chi connectivity index (χ1v) is 7.68. The molecule has 0 bridgehead atoms. The smallest absolute Gasteiger partial charge is 0.235 e. The van der Waals surface area contributed by atoms with Crippen LogP contribution in [0.2, 0.25) is 5.02 Å². The van der Waals surface area contributed by atoms with Gasteiger partial charge in [0, 0.05) is 36.3 Å². The van der Waals surface area contributed by atoms with Crippen molar-refractivity contribution in [3.63, 3.8) is 0 Å². The van der Waals surface area contributed by atoms with E-state index >= 15 is 0 Å². The van der Waals surface area contributed by atoms with Gasteiger partial charge in [0.1, 0.15) is 11.8 Å². The second kappa shape index (κ2) is 5.57. The third kappa shape index (κ3) is 2.19. The van der Waals surface area contributed by atoms with E-state index in [0.29, 0.717) is 17.5 Å². The zero-order chi connectivity index (χ0) is 16.7. The van der Waals surface area contributed by atoms with Crippen LogP contribution >= 0.6 is 11.6 Å². The van der Waals surface area contributed by atoms with E-state index in [0.717, 1.165) is 22.2 Å². The van der Waals surface area contributed by atoms with Gasteiger partial charge in [0.25, 0.3) is 0 Å². The molecular weight excluding hydrogens is 328 g/mol. The first-order valence-electron chi connectivity index (χ1n) is 7.30. The number of nitrogen functional groups attached to an aromatic ring is 1. The van der Waals surface area contributed by atoms with Gasteiger partial charge in [-0.25, -0.2) is 4.98 Å². The van der Waals surface area contributed by atoms with Crippen molar-refractivity contribution in [1.82, 2.24) is 34.3 Å². The van der Waals surface area contributed by atoms with Crippen molar-refractivity contribution in [3.05, 3.63) is 42.2 Å². The van der Waals surface area contributed by atoms with Crippen LogP contribution < -0.4 is 5.73 Å². The second-order valence-corrected chi connectivity index (χ2v) is 5.57. The summed E-state index contributed by atoms with van der Waals surface area (Å²) >= 11 is 6.08. The van der Waals surface area contributed by atoms with E-state index in [2.05, 4.69) is 25.0 Å². The number of pyridine rings is 2. The van der Waals surface area contributed by atoms with Crippen molar-refractivity contribution in [2.24, 2.45) is 0 Å². The maximum absolute atomic E-state index is 6.08. The van der Waals surface area contributed by atoms with Crippen LogP contribution in [0, 0.1) is 0 Å². The van der Waals surface area contributed by atoms with E-state index in [9.17, 15) is 0 Å². The Morgan fingerprint density at radius 1 is 1.17 bits per heavy atom. The van der Waals surface area contributed by atoms with Crippen LogP contribution in [0.25, 0.3) is 28.1 Å². The molecule has 0 amide bonds. The summed E-state index contributed by atoms with van der Waals surface area (Å²) < 4.78 is 3.52. The van der Waals surface area contributed by atoms with E-state index < -0.39 is 0 Å². The monoisotopic (exact) mass is 340 g/mol. The molecule has 0 spiro atoms. The molecule has 0 saturated heterocycles. The lowest BCUT2D eigenvalue weighted by molar-refractivity contribution is 0.706. The average molecular weight is 341 g/mol. The van der Waals surface area contributed by atoms with E-state index in [1.54, 1.807) is 24.8 Å². The van der Waals surface area contributed by atoms with Crippen LogP contribution in [0.4, 0.5) is 5.95 Å². The van der Waals surface area contributed by atoms with E-state index in [1.165, 1.54) is 11.0 Å². The molecule has 24 heavy (non-hydrogen) atoms. The summed E-state index contributed by atoms with van der Waals surface area (Å²) in [6.45, 7) is 2.70. The van der Waals surface area contributed by atoms with Crippen LogP contribution in [-0.2, 0) is 6.54 Å². The van der Waals surface area contributed by atoms with Crippen LogP contribution in [0.15, 0.2) is 37.2 Å². The molecular formula is C15H13ClN8. The number of aryl methyl sites for hydroxylation is 1. The number of anilines is 1. The highest BCUT2D eigenvalue weighted by molar-refractivity contribution is 6.30. The molecule has 0 aliphatic heterocycles. The van der Waals surface area contributed by atoms with Crippen molar-refractivity contribution in [1.29, 1.82) is 0 Å². The molecule has 0 aliphatic carbocycles. The quantitative estimate of drug-likeness (QED) is 0.614. The zero-order valence-corrected chi connectivity index (χ0v) is 13.5. The normalized spacial score (nSPS) is 11.2. The molecule has 120 valence electrons. The fourth-order valence-corrected chi connectivity index (χ4v) is 2.89. The largest absolute Gasteiger partial charge is 0.368 e. The molecule has 2 N–H and O–H groups in total. The molecule has 0 radical (unpaired) electrons. The number of nitrogens with zero attached hydrogens (tertiary/aromatic N) is 7. The van der Waals surface area contributed by atoms with Crippen molar-refractivity contribution in [2.75, 3.05) is 5.73 Å². The van der Waals surface area contributed by atoms with E-state index in [4.69, 9.17) is 17.3 Å². The standard InChI is InChI=1S/C15H13ClN8/c1-2-23-13-11(9-3-10(16)5-18-4-9)6-19-7-12(13)22-15(23)24-14(17)20-8-21-24/h3-8H,2H2,1H3,(H2,17,20,21). The molecule has 0 aliphatic rings. The minimum atomic E-state index is 0.277. The predicted molar refractivity (Wildman–Crippen MR) is 90.8 cm³/mol. The van der Waals surface area contributed by atoms with Crippen LogP contribution in [-0.4, -0.2) is 34.3 Å². The van der Waals surface area contributed by atoms with Crippen molar-refractivity contribution in [2.45, 2.75) is 13.5 Å². The molecule has 4 aromatic rings. The number of hydrogen-bond donors (Lipinski definition) is 1. The van der Waals surface area contributed by atoms with Gasteiger partial charge in [-0.05, 0) is 13.0 Å². The fraction of sp³-hybridized carbons (Fsp3) is 0.133. The summed E-state index contributed by atoms with van der Waals surface area (Å²) in [4.78, 5) is 17.0. The highest BCUT2D eigenvalue weighted by atomic mass is 35.5. The maximum Gasteiger partial charge on any atom is 0.235 e. The van der Waals surface area contributed by atoms with Gasteiger partial charge in [0.05, 0.1) is 16.7 Å². The Hall–Kier alpha value is -3.00. The van der Waals surface area contributed by atoms with E-state index in [1.807, 2.05) is 17.6 Å². The Balaban J connectivity index is 2.04. The number of hydrogen-bond acceptors (Lipinski definition) is 6. The summed E-state index contributed by atoms with van der Waals surface area (Å²) in [6.07, 6.45) is 8.22. The van der Waals surface area contributed by atoms with Gasteiger partial charge in [-0.2, -0.15) is 14.8 Å². The maximum atomic E-state index is 6.08. The van der Waals surface area contributed by atoms with Gasteiger partial charge < -0.3 is 10.3 Å². The highest BCUT2D eigenvalue weighted by Gasteiger charge is 2.18. The molecule has 0 saturated carbocycles. The molecule has 4 rings (SSSR count). The summed E-state index contributed by atoms with van der Waals surface area (Å²) in [7, 11) is 0. The third-order valence-electron chi connectivity index (χ3n) is 3.73. The Labute approximate surface area is 142 Å². The highest BCUT2D eigenvalue weighted by Crippen LogP contribution is 2.30. The van der Waals surface area contributed by atoms with Crippen LogP contribution in [0.5, 0.6) is 0 Å². The average Bonchev–Trinajstić information content (AvgIpc) is 3.17. The van der Waals surface area contributed by atoms with Gasteiger partial charge in [-0.1, -0.05) is 11.6 Å². The molecule has 0 fully saturated rings. The Morgan fingerprint density at radius 2 is 2.00 bits per heavy atom. The van der Waals surface area contributed by atoms with Gasteiger partial charge >= 0.3 is 0 Å². The van der Waals surface area contributed by atoms with Gasteiger partial charge in [0.15, 0.2) is 0 Å². The molecule has 9 heteroatoms. The van der Waals surface area contributed by atoms with E-state index in [-0.39, 0.29) is 5.95 Å². The Kier molecular flexibility index (Phi) is 3.39. The molecule has 4 aromatic heterocycles. The van der Waals surface area contributed by atoms with Gasteiger partial charge in [0.2, 0.25) is 11.9 Å². The number of aromatic nitrogens is 7. The number of halogens is 1.